The van der Waals surface area contributed by atoms with Crippen molar-refractivity contribution in [2.75, 3.05) is 5.32 Å². The Morgan fingerprint density at radius 3 is 2.43 bits per heavy atom. The predicted octanol–water partition coefficient (Wildman–Crippen LogP) is 2.75. The second-order valence-corrected chi connectivity index (χ2v) is 7.79. The minimum absolute atomic E-state index is 0.124. The van der Waals surface area contributed by atoms with Crippen LogP contribution in [0.25, 0.3) is 0 Å². The van der Waals surface area contributed by atoms with Crippen LogP contribution in [0.5, 0.6) is 0 Å². The van der Waals surface area contributed by atoms with Crippen LogP contribution in [-0.4, -0.2) is 19.4 Å². The molecule has 2 aromatic rings. The molecule has 0 bridgehead atoms. The molecule has 0 radical (unpaired) electrons. The van der Waals surface area contributed by atoms with E-state index in [-0.39, 0.29) is 10.9 Å². The van der Waals surface area contributed by atoms with E-state index >= 15 is 0 Å². The summed E-state index contributed by atoms with van der Waals surface area (Å²) in [5, 5.41) is 6.27. The highest BCUT2D eigenvalue weighted by Gasteiger charge is 2.14. The number of hydrogen-bond donors (Lipinski definition) is 2. The Morgan fingerprint density at radius 2 is 1.90 bits per heavy atom. The van der Waals surface area contributed by atoms with Crippen molar-refractivity contribution in [1.29, 1.82) is 0 Å². The van der Waals surface area contributed by atoms with Crippen molar-refractivity contribution >= 4 is 27.0 Å². The molecular weight excluding hydrogens is 306 g/mol. The number of hydrogen-bond acceptors (Lipinski definition) is 5. The van der Waals surface area contributed by atoms with Crippen molar-refractivity contribution in [3.63, 3.8) is 0 Å². The van der Waals surface area contributed by atoms with Gasteiger partial charge in [-0.2, -0.15) is 0 Å². The quantitative estimate of drug-likeness (QED) is 0.857. The Hall–Kier alpha value is -1.44. The van der Waals surface area contributed by atoms with Gasteiger partial charge in [-0.25, -0.2) is 18.1 Å². The molecule has 0 aliphatic heterocycles. The lowest BCUT2D eigenvalue weighted by molar-refractivity contribution is 0.570. The van der Waals surface area contributed by atoms with E-state index in [1.165, 1.54) is 0 Å². The number of nitrogens with zero attached hydrogens (tertiary/aromatic N) is 1. The molecule has 0 saturated heterocycles. The summed E-state index contributed by atoms with van der Waals surface area (Å²) in [6, 6.07) is 6.58. The molecule has 0 aliphatic rings. The molecule has 2 N–H and O–H groups in total. The first-order valence-corrected chi connectivity index (χ1v) is 9.00. The fraction of sp³-hybridized carbons (Fsp3) is 0.357. The van der Waals surface area contributed by atoms with E-state index in [9.17, 15) is 8.42 Å². The zero-order valence-electron chi connectivity index (χ0n) is 12.3. The third-order valence-corrected chi connectivity index (χ3v) is 5.19. The smallest absolute Gasteiger partial charge is 0.240 e. The summed E-state index contributed by atoms with van der Waals surface area (Å²) in [6.07, 6.45) is 0. The molecule has 5 nitrogen and oxygen atoms in total. The maximum absolute atomic E-state index is 12.0. The van der Waals surface area contributed by atoms with Gasteiger partial charge in [-0.3, -0.25) is 0 Å². The minimum Gasteiger partial charge on any atom is -0.379 e. The second-order valence-electron chi connectivity index (χ2n) is 5.01. The molecule has 0 aliphatic carbocycles. The molecule has 114 valence electrons. The van der Waals surface area contributed by atoms with Crippen LogP contribution in [0.4, 0.5) is 5.69 Å². The van der Waals surface area contributed by atoms with Gasteiger partial charge in [-0.05, 0) is 45.0 Å². The van der Waals surface area contributed by atoms with Crippen molar-refractivity contribution in [2.24, 2.45) is 0 Å². The average molecular weight is 325 g/mol. The highest BCUT2D eigenvalue weighted by atomic mass is 32.2. The molecule has 0 atom stereocenters. The van der Waals surface area contributed by atoms with E-state index in [0.29, 0.717) is 6.54 Å². The van der Waals surface area contributed by atoms with Crippen molar-refractivity contribution in [3.8, 4) is 0 Å². The lowest BCUT2D eigenvalue weighted by atomic mass is 10.3. The normalized spacial score (nSPS) is 11.8. The first kappa shape index (κ1) is 15.9. The van der Waals surface area contributed by atoms with Crippen LogP contribution in [0.3, 0.4) is 0 Å². The second kappa shape index (κ2) is 6.55. The van der Waals surface area contributed by atoms with E-state index in [4.69, 9.17) is 0 Å². The number of sulfonamides is 1. The monoisotopic (exact) mass is 325 g/mol. The number of rotatable bonds is 6. The van der Waals surface area contributed by atoms with Gasteiger partial charge in [-0.15, -0.1) is 11.3 Å². The van der Waals surface area contributed by atoms with Crippen LogP contribution < -0.4 is 10.0 Å². The van der Waals surface area contributed by atoms with Crippen molar-refractivity contribution in [3.05, 3.63) is 40.3 Å². The molecule has 1 heterocycles. The summed E-state index contributed by atoms with van der Waals surface area (Å²) in [5.74, 6) is 0. The summed E-state index contributed by atoms with van der Waals surface area (Å²) in [4.78, 5) is 4.64. The van der Waals surface area contributed by atoms with Crippen LogP contribution in [-0.2, 0) is 16.6 Å². The van der Waals surface area contributed by atoms with Gasteiger partial charge in [0.1, 0.15) is 0 Å². The fourth-order valence-electron chi connectivity index (χ4n) is 1.81. The van der Waals surface area contributed by atoms with E-state index in [0.717, 1.165) is 16.4 Å². The Labute approximate surface area is 129 Å². The summed E-state index contributed by atoms with van der Waals surface area (Å²) < 4.78 is 26.6. The zero-order chi connectivity index (χ0) is 15.5. The number of aryl methyl sites for hydroxylation is 1. The number of nitrogens with one attached hydrogen (secondary N) is 2. The van der Waals surface area contributed by atoms with Crippen molar-refractivity contribution in [2.45, 2.75) is 38.3 Å². The maximum atomic E-state index is 12.0. The van der Waals surface area contributed by atoms with E-state index in [2.05, 4.69) is 15.0 Å². The Kier molecular flexibility index (Phi) is 4.97. The molecule has 1 aromatic heterocycles. The van der Waals surface area contributed by atoms with Gasteiger partial charge in [0.05, 0.1) is 22.1 Å². The average Bonchev–Trinajstić information content (AvgIpc) is 2.81. The van der Waals surface area contributed by atoms with Crippen LogP contribution in [0.15, 0.2) is 34.5 Å². The summed E-state index contributed by atoms with van der Waals surface area (Å²) >= 11 is 1.61. The minimum atomic E-state index is -3.43. The zero-order valence-corrected chi connectivity index (χ0v) is 13.9. The summed E-state index contributed by atoms with van der Waals surface area (Å²) in [7, 11) is -3.43. The van der Waals surface area contributed by atoms with Crippen molar-refractivity contribution in [1.82, 2.24) is 9.71 Å². The number of anilines is 1. The molecule has 0 amide bonds. The molecule has 7 heteroatoms. The maximum Gasteiger partial charge on any atom is 0.240 e. The Balaban J connectivity index is 2.02. The Morgan fingerprint density at radius 1 is 1.24 bits per heavy atom. The van der Waals surface area contributed by atoms with E-state index in [1.807, 2.05) is 12.3 Å². The van der Waals surface area contributed by atoms with E-state index in [1.54, 1.807) is 49.4 Å². The first-order valence-electron chi connectivity index (χ1n) is 6.64. The molecule has 2 rings (SSSR count). The highest BCUT2D eigenvalue weighted by molar-refractivity contribution is 7.89. The molecule has 21 heavy (non-hydrogen) atoms. The van der Waals surface area contributed by atoms with Gasteiger partial charge < -0.3 is 5.32 Å². The van der Waals surface area contributed by atoms with Gasteiger partial charge in [-0.1, -0.05) is 0 Å². The molecule has 0 saturated carbocycles. The SMILES string of the molecule is Cc1nc(CNc2ccc(S(=O)(=O)NC(C)C)cc2)cs1. The van der Waals surface area contributed by atoms with Gasteiger partial charge in [0.25, 0.3) is 0 Å². The van der Waals surface area contributed by atoms with Crippen LogP contribution in [0, 0.1) is 6.92 Å². The summed E-state index contributed by atoms with van der Waals surface area (Å²) in [6.45, 7) is 6.18. The largest absolute Gasteiger partial charge is 0.379 e. The summed E-state index contributed by atoms with van der Waals surface area (Å²) in [5.41, 5.74) is 1.85. The molecule has 1 aromatic carbocycles. The van der Waals surface area contributed by atoms with Gasteiger partial charge in [0.15, 0.2) is 0 Å². The molecule has 0 spiro atoms. The number of thiazole rings is 1. The van der Waals surface area contributed by atoms with Gasteiger partial charge in [0.2, 0.25) is 10.0 Å². The van der Waals surface area contributed by atoms with Gasteiger partial charge >= 0.3 is 0 Å². The third-order valence-electron chi connectivity index (χ3n) is 2.70. The predicted molar refractivity (Wildman–Crippen MR) is 86.1 cm³/mol. The van der Waals surface area contributed by atoms with Gasteiger partial charge in [0, 0.05) is 17.1 Å². The van der Waals surface area contributed by atoms with E-state index < -0.39 is 10.0 Å². The number of aromatic nitrogens is 1. The third kappa shape index (κ3) is 4.52. The Bertz CT molecular complexity index is 691. The van der Waals surface area contributed by atoms with Crippen LogP contribution >= 0.6 is 11.3 Å². The molecule has 0 unspecified atom stereocenters. The topological polar surface area (TPSA) is 71.1 Å². The standard InChI is InChI=1S/C14H19N3O2S2/c1-10(2)17-21(18,19)14-6-4-12(5-7-14)15-8-13-9-20-11(3)16-13/h4-7,9-10,15,17H,8H2,1-3H3. The lowest BCUT2D eigenvalue weighted by Crippen LogP contribution is -2.30. The van der Waals surface area contributed by atoms with Crippen molar-refractivity contribution < 1.29 is 8.42 Å². The fourth-order valence-corrected chi connectivity index (χ4v) is 3.68. The lowest BCUT2D eigenvalue weighted by Gasteiger charge is -2.10. The van der Waals surface area contributed by atoms with Crippen LogP contribution in [0.1, 0.15) is 24.5 Å². The van der Waals surface area contributed by atoms with Crippen LogP contribution in [0.2, 0.25) is 0 Å². The highest BCUT2D eigenvalue weighted by Crippen LogP contribution is 2.16. The molecule has 0 fully saturated rings. The number of benzene rings is 1. The molecular formula is C14H19N3O2S2. The first-order chi connectivity index (χ1) is 9.87.